The van der Waals surface area contributed by atoms with Gasteiger partial charge in [-0.05, 0) is 19.3 Å². The van der Waals surface area contributed by atoms with Crippen LogP contribution in [0.3, 0.4) is 0 Å². The summed E-state index contributed by atoms with van der Waals surface area (Å²) in [5.74, 6) is 0.239. The molecule has 0 heterocycles. The van der Waals surface area contributed by atoms with E-state index in [0.29, 0.717) is 13.2 Å². The van der Waals surface area contributed by atoms with E-state index < -0.39 is 0 Å². The molecule has 0 bridgehead atoms. The molecule has 1 aliphatic carbocycles. The molecule has 0 aromatic rings. The fourth-order valence-corrected chi connectivity index (χ4v) is 2.86. The second-order valence-electron chi connectivity index (χ2n) is 5.47. The quantitative estimate of drug-likeness (QED) is 0.582. The number of hydrogen-bond acceptors (Lipinski definition) is 3. The predicted molar refractivity (Wildman–Crippen MR) is 73.3 cm³/mol. The summed E-state index contributed by atoms with van der Waals surface area (Å²) in [7, 11) is 3.58. The molecule has 0 saturated heterocycles. The van der Waals surface area contributed by atoms with Crippen molar-refractivity contribution in [3.8, 4) is 0 Å². The van der Waals surface area contributed by atoms with E-state index in [0.717, 1.165) is 38.6 Å². The van der Waals surface area contributed by atoms with Crippen molar-refractivity contribution >= 4 is 5.91 Å². The van der Waals surface area contributed by atoms with Gasteiger partial charge in [0.05, 0.1) is 5.41 Å². The van der Waals surface area contributed by atoms with Gasteiger partial charge in [0.25, 0.3) is 0 Å². The van der Waals surface area contributed by atoms with Crippen LogP contribution in [0.15, 0.2) is 0 Å². The van der Waals surface area contributed by atoms with Crippen LogP contribution in [0.5, 0.6) is 0 Å². The molecule has 0 radical (unpaired) electrons. The minimum Gasteiger partial charge on any atom is -0.385 e. The lowest BCUT2D eigenvalue weighted by molar-refractivity contribution is -0.141. The molecular formula is C14H28N2O2. The third kappa shape index (κ3) is 3.95. The number of rotatable bonds is 6. The number of amides is 1. The summed E-state index contributed by atoms with van der Waals surface area (Å²) in [6, 6.07) is 0. The molecule has 0 aromatic heterocycles. The third-order valence-corrected chi connectivity index (χ3v) is 4.09. The topological polar surface area (TPSA) is 55.6 Å². The maximum absolute atomic E-state index is 12.6. The standard InChI is InChI=1S/C14H28N2O2/c1-16(10-7-11-18-2)13(17)14(12-15)8-5-3-4-6-9-14/h3-12,15H2,1-2H3. The molecule has 0 aliphatic heterocycles. The summed E-state index contributed by atoms with van der Waals surface area (Å²) in [5.41, 5.74) is 5.64. The summed E-state index contributed by atoms with van der Waals surface area (Å²) in [6.07, 6.45) is 7.54. The Kier molecular flexibility index (Phi) is 6.65. The first kappa shape index (κ1) is 15.4. The van der Waals surface area contributed by atoms with Crippen LogP contribution in [0.4, 0.5) is 0 Å². The largest absolute Gasteiger partial charge is 0.385 e. The Morgan fingerprint density at radius 1 is 1.28 bits per heavy atom. The SMILES string of the molecule is COCCCN(C)C(=O)C1(CN)CCCCCC1. The number of hydrogen-bond donors (Lipinski definition) is 1. The maximum atomic E-state index is 12.6. The van der Waals surface area contributed by atoms with Crippen LogP contribution in [0, 0.1) is 5.41 Å². The van der Waals surface area contributed by atoms with Crippen LogP contribution < -0.4 is 5.73 Å². The van der Waals surface area contributed by atoms with Gasteiger partial charge >= 0.3 is 0 Å². The first-order chi connectivity index (χ1) is 8.66. The van der Waals surface area contributed by atoms with E-state index in [1.54, 1.807) is 7.11 Å². The predicted octanol–water partition coefficient (Wildman–Crippen LogP) is 1.78. The summed E-state index contributed by atoms with van der Waals surface area (Å²) in [6.45, 7) is 1.95. The average molecular weight is 256 g/mol. The van der Waals surface area contributed by atoms with Crippen molar-refractivity contribution in [2.75, 3.05) is 33.9 Å². The monoisotopic (exact) mass is 256 g/mol. The zero-order valence-electron chi connectivity index (χ0n) is 11.9. The fraction of sp³-hybridized carbons (Fsp3) is 0.929. The van der Waals surface area contributed by atoms with Crippen molar-refractivity contribution in [1.29, 1.82) is 0 Å². The summed E-state index contributed by atoms with van der Waals surface area (Å²) >= 11 is 0. The van der Waals surface area contributed by atoms with Crippen LogP contribution in [0.2, 0.25) is 0 Å². The molecule has 106 valence electrons. The van der Waals surface area contributed by atoms with Crippen LogP contribution in [0.25, 0.3) is 0 Å². The highest BCUT2D eigenvalue weighted by Gasteiger charge is 2.38. The van der Waals surface area contributed by atoms with Gasteiger partial charge in [0, 0.05) is 33.9 Å². The normalized spacial score (nSPS) is 19.3. The van der Waals surface area contributed by atoms with E-state index >= 15 is 0 Å². The molecular weight excluding hydrogens is 228 g/mol. The maximum Gasteiger partial charge on any atom is 0.229 e. The van der Waals surface area contributed by atoms with Crippen LogP contribution >= 0.6 is 0 Å². The van der Waals surface area contributed by atoms with E-state index in [1.165, 1.54) is 12.8 Å². The number of nitrogens with two attached hydrogens (primary N) is 1. The molecule has 2 N–H and O–H groups in total. The third-order valence-electron chi connectivity index (χ3n) is 4.09. The highest BCUT2D eigenvalue weighted by molar-refractivity contribution is 5.82. The number of methoxy groups -OCH3 is 1. The zero-order valence-corrected chi connectivity index (χ0v) is 11.9. The molecule has 0 unspecified atom stereocenters. The van der Waals surface area contributed by atoms with E-state index in [-0.39, 0.29) is 11.3 Å². The Morgan fingerprint density at radius 3 is 2.39 bits per heavy atom. The van der Waals surface area contributed by atoms with E-state index in [1.807, 2.05) is 11.9 Å². The van der Waals surface area contributed by atoms with Gasteiger partial charge in [0.1, 0.15) is 0 Å². The number of ether oxygens (including phenoxy) is 1. The van der Waals surface area contributed by atoms with Crippen molar-refractivity contribution in [2.24, 2.45) is 11.1 Å². The second kappa shape index (κ2) is 7.74. The van der Waals surface area contributed by atoms with Gasteiger partial charge in [-0.15, -0.1) is 0 Å². The van der Waals surface area contributed by atoms with Crippen molar-refractivity contribution in [1.82, 2.24) is 4.90 Å². The zero-order chi connectivity index (χ0) is 13.4. The molecule has 1 aliphatic rings. The molecule has 18 heavy (non-hydrogen) atoms. The van der Waals surface area contributed by atoms with Crippen LogP contribution in [-0.2, 0) is 9.53 Å². The van der Waals surface area contributed by atoms with Crippen molar-refractivity contribution in [3.05, 3.63) is 0 Å². The Labute approximate surface area is 111 Å². The summed E-state index contributed by atoms with van der Waals surface area (Å²) in [5, 5.41) is 0. The van der Waals surface area contributed by atoms with Gasteiger partial charge < -0.3 is 15.4 Å². The van der Waals surface area contributed by atoms with Gasteiger partial charge in [-0.3, -0.25) is 4.79 Å². The molecule has 1 rings (SSSR count). The van der Waals surface area contributed by atoms with Gasteiger partial charge in [-0.2, -0.15) is 0 Å². The van der Waals surface area contributed by atoms with E-state index in [2.05, 4.69) is 0 Å². The smallest absolute Gasteiger partial charge is 0.229 e. The van der Waals surface area contributed by atoms with Gasteiger partial charge in [-0.25, -0.2) is 0 Å². The molecule has 0 spiro atoms. The van der Waals surface area contributed by atoms with Crippen LogP contribution in [0.1, 0.15) is 44.9 Å². The highest BCUT2D eigenvalue weighted by atomic mass is 16.5. The van der Waals surface area contributed by atoms with Gasteiger partial charge in [0.15, 0.2) is 0 Å². The lowest BCUT2D eigenvalue weighted by Crippen LogP contribution is -2.46. The second-order valence-corrected chi connectivity index (χ2v) is 5.47. The minimum absolute atomic E-state index is 0.239. The summed E-state index contributed by atoms with van der Waals surface area (Å²) in [4.78, 5) is 14.4. The lowest BCUT2D eigenvalue weighted by atomic mass is 9.79. The number of carbonyl (C=O) groups excluding carboxylic acids is 1. The van der Waals surface area contributed by atoms with E-state index in [4.69, 9.17) is 10.5 Å². The van der Waals surface area contributed by atoms with Crippen molar-refractivity contribution in [3.63, 3.8) is 0 Å². The Balaban J connectivity index is 2.58. The number of carbonyl (C=O) groups is 1. The first-order valence-electron chi connectivity index (χ1n) is 7.11. The van der Waals surface area contributed by atoms with E-state index in [9.17, 15) is 4.79 Å². The fourth-order valence-electron chi connectivity index (χ4n) is 2.86. The molecule has 1 amide bonds. The molecule has 4 nitrogen and oxygen atoms in total. The minimum atomic E-state index is -0.293. The van der Waals surface area contributed by atoms with Gasteiger partial charge in [0.2, 0.25) is 5.91 Å². The average Bonchev–Trinajstić information content (AvgIpc) is 2.64. The van der Waals surface area contributed by atoms with Crippen molar-refractivity contribution in [2.45, 2.75) is 44.9 Å². The lowest BCUT2D eigenvalue weighted by Gasteiger charge is -2.34. The molecule has 0 atom stereocenters. The summed E-state index contributed by atoms with van der Waals surface area (Å²) < 4.78 is 5.03. The molecule has 1 fully saturated rings. The number of nitrogens with zero attached hydrogens (tertiary/aromatic N) is 1. The molecule has 1 saturated carbocycles. The Hall–Kier alpha value is -0.610. The highest BCUT2D eigenvalue weighted by Crippen LogP contribution is 2.35. The first-order valence-corrected chi connectivity index (χ1v) is 7.11. The molecule has 4 heteroatoms. The van der Waals surface area contributed by atoms with Gasteiger partial charge in [-0.1, -0.05) is 25.7 Å². The van der Waals surface area contributed by atoms with Crippen molar-refractivity contribution < 1.29 is 9.53 Å². The molecule has 0 aromatic carbocycles. The Bertz CT molecular complexity index is 248. The van der Waals surface area contributed by atoms with Crippen LogP contribution in [-0.4, -0.2) is 44.7 Å². The Morgan fingerprint density at radius 2 is 1.89 bits per heavy atom.